The first kappa shape index (κ1) is 13.4. The molecule has 1 aromatic rings. The van der Waals surface area contributed by atoms with E-state index >= 15 is 0 Å². The number of aromatic nitrogens is 2. The number of halogens is 1. The van der Waals surface area contributed by atoms with Gasteiger partial charge in [-0.3, -0.25) is 15.0 Å². The SMILES string of the molecule is Cc1nn(C)c(CN2CCC(C(=N)N)CC2)c1Cl. The van der Waals surface area contributed by atoms with Gasteiger partial charge in [0.1, 0.15) is 0 Å². The van der Waals surface area contributed by atoms with Crippen LogP contribution in [0.2, 0.25) is 5.02 Å². The van der Waals surface area contributed by atoms with E-state index in [9.17, 15) is 0 Å². The quantitative estimate of drug-likeness (QED) is 0.646. The number of hydrogen-bond acceptors (Lipinski definition) is 3. The lowest BCUT2D eigenvalue weighted by molar-refractivity contribution is 0.197. The van der Waals surface area contributed by atoms with Crippen molar-refractivity contribution in [1.82, 2.24) is 14.7 Å². The predicted octanol–water partition coefficient (Wildman–Crippen LogP) is 1.53. The third-order valence-corrected chi connectivity index (χ3v) is 4.15. The first-order valence-corrected chi connectivity index (χ1v) is 6.61. The lowest BCUT2D eigenvalue weighted by Gasteiger charge is -2.31. The molecule has 0 aromatic carbocycles. The Labute approximate surface area is 112 Å². The van der Waals surface area contributed by atoms with E-state index in [1.165, 1.54) is 0 Å². The molecule has 1 saturated heterocycles. The van der Waals surface area contributed by atoms with Crippen LogP contribution in [0.1, 0.15) is 24.2 Å². The molecule has 0 radical (unpaired) electrons. The highest BCUT2D eigenvalue weighted by molar-refractivity contribution is 6.31. The van der Waals surface area contributed by atoms with Crippen molar-refractivity contribution < 1.29 is 0 Å². The van der Waals surface area contributed by atoms with Crippen LogP contribution in [-0.4, -0.2) is 33.6 Å². The molecular formula is C12H20ClN5. The summed E-state index contributed by atoms with van der Waals surface area (Å²) in [5.41, 5.74) is 7.49. The summed E-state index contributed by atoms with van der Waals surface area (Å²) in [5.74, 6) is 0.578. The van der Waals surface area contributed by atoms with Gasteiger partial charge in [-0.05, 0) is 32.9 Å². The van der Waals surface area contributed by atoms with Crippen molar-refractivity contribution in [3.05, 3.63) is 16.4 Å². The molecule has 5 nitrogen and oxygen atoms in total. The molecule has 0 atom stereocenters. The summed E-state index contributed by atoms with van der Waals surface area (Å²) in [6.07, 6.45) is 1.92. The summed E-state index contributed by atoms with van der Waals surface area (Å²) >= 11 is 6.25. The Morgan fingerprint density at radius 2 is 2.11 bits per heavy atom. The minimum Gasteiger partial charge on any atom is -0.387 e. The van der Waals surface area contributed by atoms with Crippen LogP contribution < -0.4 is 5.73 Å². The van der Waals surface area contributed by atoms with Gasteiger partial charge in [0.25, 0.3) is 0 Å². The van der Waals surface area contributed by atoms with Crippen LogP contribution in [0.3, 0.4) is 0 Å². The van der Waals surface area contributed by atoms with Crippen LogP contribution in [0, 0.1) is 18.3 Å². The average molecular weight is 270 g/mol. The molecule has 0 amide bonds. The van der Waals surface area contributed by atoms with E-state index in [-0.39, 0.29) is 5.92 Å². The number of nitrogens with zero attached hydrogens (tertiary/aromatic N) is 3. The van der Waals surface area contributed by atoms with Gasteiger partial charge in [-0.15, -0.1) is 0 Å². The number of likely N-dealkylation sites (tertiary alicyclic amines) is 1. The molecular weight excluding hydrogens is 250 g/mol. The van der Waals surface area contributed by atoms with Gasteiger partial charge in [0.05, 0.1) is 22.2 Å². The van der Waals surface area contributed by atoms with Crippen LogP contribution >= 0.6 is 11.6 Å². The van der Waals surface area contributed by atoms with Crippen LogP contribution in [0.5, 0.6) is 0 Å². The molecule has 18 heavy (non-hydrogen) atoms. The lowest BCUT2D eigenvalue weighted by Crippen LogP contribution is -2.38. The van der Waals surface area contributed by atoms with Gasteiger partial charge in [-0.25, -0.2) is 0 Å². The standard InChI is InChI=1S/C12H20ClN5/c1-8-11(13)10(17(2)16-8)7-18-5-3-9(4-6-18)12(14)15/h9H,3-7H2,1-2H3,(H3,14,15). The summed E-state index contributed by atoms with van der Waals surface area (Å²) in [5, 5.41) is 12.6. The molecule has 6 heteroatoms. The number of piperidine rings is 1. The molecule has 3 N–H and O–H groups in total. The minimum absolute atomic E-state index is 0.255. The molecule has 0 spiro atoms. The summed E-state index contributed by atoms with van der Waals surface area (Å²) in [6, 6.07) is 0. The van der Waals surface area contributed by atoms with E-state index in [4.69, 9.17) is 22.7 Å². The van der Waals surface area contributed by atoms with E-state index in [1.807, 2.05) is 18.7 Å². The second-order valence-electron chi connectivity index (χ2n) is 4.98. The van der Waals surface area contributed by atoms with Gasteiger partial charge in [-0.1, -0.05) is 11.6 Å². The monoisotopic (exact) mass is 269 g/mol. The molecule has 1 aliphatic heterocycles. The molecule has 2 heterocycles. The number of hydrogen-bond donors (Lipinski definition) is 2. The van der Waals surface area contributed by atoms with Gasteiger partial charge in [0.2, 0.25) is 0 Å². The summed E-state index contributed by atoms with van der Waals surface area (Å²) in [4.78, 5) is 2.35. The lowest BCUT2D eigenvalue weighted by atomic mass is 9.96. The Hall–Kier alpha value is -1.07. The maximum absolute atomic E-state index is 7.47. The van der Waals surface area contributed by atoms with E-state index in [0.29, 0.717) is 5.84 Å². The highest BCUT2D eigenvalue weighted by Crippen LogP contribution is 2.24. The molecule has 0 saturated carbocycles. The average Bonchev–Trinajstić information content (AvgIpc) is 2.57. The van der Waals surface area contributed by atoms with E-state index in [2.05, 4.69) is 10.00 Å². The summed E-state index contributed by atoms with van der Waals surface area (Å²) < 4.78 is 1.86. The minimum atomic E-state index is 0.255. The largest absolute Gasteiger partial charge is 0.387 e. The fraction of sp³-hybridized carbons (Fsp3) is 0.667. The van der Waals surface area contributed by atoms with Crippen LogP contribution in [0.25, 0.3) is 0 Å². The van der Waals surface area contributed by atoms with Gasteiger partial charge in [0.15, 0.2) is 0 Å². The van der Waals surface area contributed by atoms with Gasteiger partial charge < -0.3 is 5.73 Å². The number of aryl methyl sites for hydroxylation is 2. The summed E-state index contributed by atoms with van der Waals surface area (Å²) in [7, 11) is 1.93. The number of rotatable bonds is 3. The molecule has 0 bridgehead atoms. The Morgan fingerprint density at radius 1 is 1.50 bits per heavy atom. The number of nitrogens with one attached hydrogen (secondary N) is 1. The van der Waals surface area contributed by atoms with Crippen molar-refractivity contribution in [3.8, 4) is 0 Å². The van der Waals surface area contributed by atoms with Crippen LogP contribution in [0.15, 0.2) is 0 Å². The number of amidine groups is 1. The van der Waals surface area contributed by atoms with Gasteiger partial charge >= 0.3 is 0 Å². The van der Waals surface area contributed by atoms with Crippen LogP contribution in [-0.2, 0) is 13.6 Å². The first-order chi connectivity index (χ1) is 8.49. The molecule has 0 aliphatic carbocycles. The highest BCUT2D eigenvalue weighted by atomic mass is 35.5. The molecule has 1 aromatic heterocycles. The van der Waals surface area contributed by atoms with E-state index < -0.39 is 0 Å². The fourth-order valence-electron chi connectivity index (χ4n) is 2.47. The zero-order valence-corrected chi connectivity index (χ0v) is 11.7. The third-order valence-electron chi connectivity index (χ3n) is 3.66. The molecule has 100 valence electrons. The number of nitrogens with two attached hydrogens (primary N) is 1. The Bertz CT molecular complexity index is 446. The molecule has 0 unspecified atom stereocenters. The molecule has 2 rings (SSSR count). The van der Waals surface area contributed by atoms with E-state index in [1.54, 1.807) is 0 Å². The second-order valence-corrected chi connectivity index (χ2v) is 5.35. The predicted molar refractivity (Wildman–Crippen MR) is 72.9 cm³/mol. The first-order valence-electron chi connectivity index (χ1n) is 6.23. The maximum Gasteiger partial charge on any atom is 0.0937 e. The Kier molecular flexibility index (Phi) is 3.92. The van der Waals surface area contributed by atoms with Crippen molar-refractivity contribution >= 4 is 17.4 Å². The van der Waals surface area contributed by atoms with Crippen molar-refractivity contribution in [2.75, 3.05) is 13.1 Å². The maximum atomic E-state index is 7.47. The smallest absolute Gasteiger partial charge is 0.0937 e. The van der Waals surface area contributed by atoms with E-state index in [0.717, 1.165) is 48.9 Å². The Balaban J connectivity index is 1.97. The van der Waals surface area contributed by atoms with Crippen molar-refractivity contribution in [1.29, 1.82) is 5.41 Å². The summed E-state index contributed by atoms with van der Waals surface area (Å²) in [6.45, 7) is 4.67. The van der Waals surface area contributed by atoms with Crippen molar-refractivity contribution in [2.24, 2.45) is 18.7 Å². The van der Waals surface area contributed by atoms with Gasteiger partial charge in [-0.2, -0.15) is 5.10 Å². The molecule has 1 fully saturated rings. The normalized spacial score (nSPS) is 18.2. The van der Waals surface area contributed by atoms with Crippen LogP contribution in [0.4, 0.5) is 0 Å². The zero-order valence-electron chi connectivity index (χ0n) is 10.9. The topological polar surface area (TPSA) is 70.9 Å². The second kappa shape index (κ2) is 5.28. The fourth-order valence-corrected chi connectivity index (χ4v) is 2.69. The van der Waals surface area contributed by atoms with Crippen molar-refractivity contribution in [3.63, 3.8) is 0 Å². The highest BCUT2D eigenvalue weighted by Gasteiger charge is 2.23. The van der Waals surface area contributed by atoms with Crippen molar-refractivity contribution in [2.45, 2.75) is 26.3 Å². The molecule has 1 aliphatic rings. The Morgan fingerprint density at radius 3 is 2.56 bits per heavy atom. The van der Waals surface area contributed by atoms with Gasteiger partial charge in [0, 0.05) is 19.5 Å². The zero-order chi connectivity index (χ0) is 13.3. The third kappa shape index (κ3) is 2.67.